The molecule has 0 aliphatic heterocycles. The minimum Gasteiger partial charge on any atom is -0.506 e. The van der Waals surface area contributed by atoms with Crippen molar-refractivity contribution in [2.45, 2.75) is 0 Å². The summed E-state index contributed by atoms with van der Waals surface area (Å²) in [6.07, 6.45) is 1.67. The third-order valence-corrected chi connectivity index (χ3v) is 1.61. The van der Waals surface area contributed by atoms with Crippen LogP contribution in [-0.4, -0.2) is 35.9 Å². The van der Waals surface area contributed by atoms with Crippen molar-refractivity contribution in [2.24, 2.45) is 0 Å². The first kappa shape index (κ1) is 9.39. The van der Waals surface area contributed by atoms with Crippen LogP contribution >= 0.6 is 0 Å². The van der Waals surface area contributed by atoms with Gasteiger partial charge in [-0.3, -0.25) is 4.98 Å². The number of nitrogens with zero attached hydrogens (tertiary/aromatic N) is 1. The average molecular weight is 256 g/mol. The number of phenolic OH excluding ortho intramolecular Hbond substituents is 1. The van der Waals surface area contributed by atoms with Crippen molar-refractivity contribution in [1.82, 2.24) is 4.98 Å². The fourth-order valence-corrected chi connectivity index (χ4v) is 1.09. The Morgan fingerprint density at radius 2 is 1.83 bits per heavy atom. The summed E-state index contributed by atoms with van der Waals surface area (Å²) in [6.45, 7) is 0. The maximum atomic E-state index is 9.31. The first-order valence-electron chi connectivity index (χ1n) is 3.40. The van der Waals surface area contributed by atoms with Crippen LogP contribution in [0.2, 0.25) is 0 Å². The summed E-state index contributed by atoms with van der Waals surface area (Å²) in [5.41, 5.74) is 0.662. The summed E-state index contributed by atoms with van der Waals surface area (Å²) in [5, 5.41) is 10.3. The molecule has 1 aromatic heterocycles. The SMILES string of the molecule is Oc1cccc2cccnc12.[111In]. The molecule has 0 aliphatic carbocycles. The predicted octanol–water partition coefficient (Wildman–Crippen LogP) is 1.56. The molecule has 2 aromatic rings. The van der Waals surface area contributed by atoms with Gasteiger partial charge in [-0.2, -0.15) is 0 Å². The van der Waals surface area contributed by atoms with Crippen molar-refractivity contribution < 1.29 is 5.11 Å². The molecule has 0 atom stereocenters. The second-order valence-corrected chi connectivity index (χ2v) is 2.35. The van der Waals surface area contributed by atoms with Gasteiger partial charge in [0.05, 0.1) is 0 Å². The predicted molar refractivity (Wildman–Crippen MR) is 49.2 cm³/mol. The fourth-order valence-electron chi connectivity index (χ4n) is 1.09. The van der Waals surface area contributed by atoms with Crippen molar-refractivity contribution in [3.63, 3.8) is 0 Å². The number of aromatic hydroxyl groups is 1. The number of hydrogen-bond acceptors (Lipinski definition) is 2. The van der Waals surface area contributed by atoms with Crippen LogP contribution in [0.3, 0.4) is 0 Å². The number of para-hydroxylation sites is 1. The van der Waals surface area contributed by atoms with Crippen LogP contribution < -0.4 is 0 Å². The molecule has 0 unspecified atom stereocenters. The molecule has 2 nitrogen and oxygen atoms in total. The van der Waals surface area contributed by atoms with Crippen molar-refractivity contribution in [1.29, 1.82) is 0 Å². The van der Waals surface area contributed by atoms with Crippen LogP contribution in [0, 0.1) is 0 Å². The molecule has 1 aromatic carbocycles. The van der Waals surface area contributed by atoms with E-state index in [1.165, 1.54) is 0 Å². The fraction of sp³-hybridized carbons (Fsp3) is 0. The zero-order valence-electron chi connectivity index (χ0n) is 6.44. The summed E-state index contributed by atoms with van der Waals surface area (Å²) in [7, 11) is 0. The first-order valence-corrected chi connectivity index (χ1v) is 3.40. The smallest absolute Gasteiger partial charge is 0.141 e. The van der Waals surface area contributed by atoms with Gasteiger partial charge >= 0.3 is 0 Å². The Kier molecular flexibility index (Phi) is 2.98. The molecule has 0 saturated carbocycles. The van der Waals surface area contributed by atoms with Crippen LogP contribution in [-0.2, 0) is 0 Å². The largest absolute Gasteiger partial charge is 0.506 e. The standard InChI is InChI=1S/C9H7NO.In/c11-8-5-1-3-7-4-2-6-10-9(7)8;/h1-6,11H;/i;1-4. The van der Waals surface area contributed by atoms with Crippen LogP contribution in [0.25, 0.3) is 10.9 Å². The molecule has 3 heteroatoms. The summed E-state index contributed by atoms with van der Waals surface area (Å²) in [4.78, 5) is 4.03. The van der Waals surface area contributed by atoms with Gasteiger partial charge in [0.15, 0.2) is 0 Å². The minimum absolute atomic E-state index is 0. The number of rotatable bonds is 0. The number of pyridine rings is 1. The maximum Gasteiger partial charge on any atom is 0.141 e. The summed E-state index contributed by atoms with van der Waals surface area (Å²) in [6, 6.07) is 9.13. The van der Waals surface area contributed by atoms with Crippen LogP contribution in [0.1, 0.15) is 0 Å². The molecule has 0 amide bonds. The quantitative estimate of drug-likeness (QED) is 0.775. The molecule has 2 rings (SSSR count). The normalized spacial score (nSPS) is 9.33. The Bertz CT molecular complexity index is 384. The number of benzene rings is 1. The Hall–Kier alpha value is -0.700. The number of phenols is 1. The minimum atomic E-state index is 0. The van der Waals surface area contributed by atoms with E-state index in [9.17, 15) is 5.11 Å². The molecule has 57 valence electrons. The summed E-state index contributed by atoms with van der Waals surface area (Å²) in [5.74, 6) is 0.239. The summed E-state index contributed by atoms with van der Waals surface area (Å²) < 4.78 is 0. The molecule has 0 spiro atoms. The van der Waals surface area contributed by atoms with Crippen molar-refractivity contribution >= 4 is 36.7 Å². The third-order valence-electron chi connectivity index (χ3n) is 1.61. The Labute approximate surface area is 89.0 Å². The van der Waals surface area contributed by atoms with Gasteiger partial charge in [-0.05, 0) is 12.1 Å². The van der Waals surface area contributed by atoms with Crippen LogP contribution in [0.4, 0.5) is 0 Å². The van der Waals surface area contributed by atoms with E-state index in [-0.39, 0.29) is 31.6 Å². The Morgan fingerprint density at radius 1 is 1.08 bits per heavy atom. The summed E-state index contributed by atoms with van der Waals surface area (Å²) >= 11 is 0. The van der Waals surface area contributed by atoms with E-state index in [1.54, 1.807) is 18.3 Å². The van der Waals surface area contributed by atoms with Crippen LogP contribution in [0.5, 0.6) is 5.75 Å². The first-order chi connectivity index (χ1) is 5.38. The van der Waals surface area contributed by atoms with E-state index < -0.39 is 0 Å². The van der Waals surface area contributed by atoms with E-state index >= 15 is 0 Å². The third kappa shape index (κ3) is 1.55. The van der Waals surface area contributed by atoms with E-state index in [0.29, 0.717) is 5.52 Å². The molecule has 0 fully saturated rings. The van der Waals surface area contributed by atoms with Gasteiger partial charge in [-0.1, -0.05) is 18.2 Å². The Balaban J connectivity index is 0.000000720. The van der Waals surface area contributed by atoms with Gasteiger partial charge < -0.3 is 5.11 Å². The number of aromatic nitrogens is 1. The van der Waals surface area contributed by atoms with Crippen molar-refractivity contribution in [3.05, 3.63) is 36.5 Å². The number of fused-ring (bicyclic) bond motifs is 1. The van der Waals surface area contributed by atoms with Gasteiger partial charge in [0.25, 0.3) is 0 Å². The Morgan fingerprint density at radius 3 is 2.58 bits per heavy atom. The monoisotopic (exact) mass is 256 g/mol. The molecule has 12 heavy (non-hydrogen) atoms. The van der Waals surface area contributed by atoms with Gasteiger partial charge in [0.1, 0.15) is 11.3 Å². The average Bonchev–Trinajstić information content (AvgIpc) is 2.06. The molecule has 1 heterocycles. The number of hydrogen-bond donors (Lipinski definition) is 1. The molecule has 0 aliphatic rings. The van der Waals surface area contributed by atoms with E-state index in [0.717, 1.165) is 5.39 Å². The van der Waals surface area contributed by atoms with Crippen LogP contribution in [0.15, 0.2) is 36.5 Å². The molecular formula is C9H7InNO. The van der Waals surface area contributed by atoms with Gasteiger partial charge in [0.2, 0.25) is 0 Å². The second kappa shape index (κ2) is 3.81. The molecule has 3 radical (unpaired) electrons. The van der Waals surface area contributed by atoms with E-state index in [1.807, 2.05) is 18.2 Å². The van der Waals surface area contributed by atoms with E-state index in [4.69, 9.17) is 0 Å². The van der Waals surface area contributed by atoms with Crippen molar-refractivity contribution in [3.8, 4) is 5.75 Å². The molecule has 1 N–H and O–H groups in total. The maximum absolute atomic E-state index is 9.31. The van der Waals surface area contributed by atoms with Gasteiger partial charge in [-0.15, -0.1) is 0 Å². The van der Waals surface area contributed by atoms with E-state index in [2.05, 4.69) is 4.98 Å². The van der Waals surface area contributed by atoms with Gasteiger partial charge in [-0.25, -0.2) is 0 Å². The molecular weight excluding hydrogens is 249 g/mol. The van der Waals surface area contributed by atoms with Gasteiger partial charge in [0, 0.05) is 37.4 Å². The molecule has 0 saturated heterocycles. The second-order valence-electron chi connectivity index (χ2n) is 2.35. The zero-order chi connectivity index (χ0) is 7.68. The zero-order valence-corrected chi connectivity index (χ0v) is 9.73. The topological polar surface area (TPSA) is 33.1 Å². The molecule has 0 bridgehead atoms. The van der Waals surface area contributed by atoms with Crippen molar-refractivity contribution in [2.75, 3.05) is 0 Å².